The predicted molar refractivity (Wildman–Crippen MR) is 93.8 cm³/mol. The van der Waals surface area contributed by atoms with E-state index in [1.807, 2.05) is 0 Å². The lowest BCUT2D eigenvalue weighted by Crippen LogP contribution is -2.71. The molecule has 0 N–H and O–H groups in total. The molecular formula is C21H10F6O4. The Morgan fingerprint density at radius 3 is 1.42 bits per heavy atom. The standard InChI is InChI=1S/C21H10F6O4/c22-20(23,24)18-13(9-11-5-1-3-7-15(11)29-18)17(28)14-10-12-6-2-4-8-16(12)30-19(14,31-18)21(25,26)27/h1-10H. The molecule has 2 atom stereocenters. The zero-order valence-corrected chi connectivity index (χ0v) is 15.2. The molecule has 160 valence electrons. The molecule has 2 unspecified atom stereocenters. The van der Waals surface area contributed by atoms with E-state index >= 15 is 0 Å². The van der Waals surface area contributed by atoms with Gasteiger partial charge in [0.25, 0.3) is 0 Å². The lowest BCUT2D eigenvalue weighted by atomic mass is 9.82. The van der Waals surface area contributed by atoms with Crippen molar-refractivity contribution < 1.29 is 45.3 Å². The van der Waals surface area contributed by atoms with Gasteiger partial charge < -0.3 is 9.47 Å². The van der Waals surface area contributed by atoms with Crippen molar-refractivity contribution in [3.63, 3.8) is 0 Å². The Kier molecular flexibility index (Phi) is 3.75. The summed E-state index contributed by atoms with van der Waals surface area (Å²) in [6.07, 6.45) is -9.44. The van der Waals surface area contributed by atoms with E-state index in [1.54, 1.807) is 0 Å². The molecule has 4 nitrogen and oxygen atoms in total. The molecule has 31 heavy (non-hydrogen) atoms. The van der Waals surface area contributed by atoms with Gasteiger partial charge in [-0.1, -0.05) is 36.4 Å². The predicted octanol–water partition coefficient (Wildman–Crippen LogP) is 5.05. The molecular weight excluding hydrogens is 430 g/mol. The Morgan fingerprint density at radius 1 is 0.645 bits per heavy atom. The molecule has 3 aliphatic heterocycles. The monoisotopic (exact) mass is 440 g/mol. The van der Waals surface area contributed by atoms with Crippen LogP contribution in [0.4, 0.5) is 26.3 Å². The molecule has 0 amide bonds. The van der Waals surface area contributed by atoms with Gasteiger partial charge in [0.15, 0.2) is 5.78 Å². The van der Waals surface area contributed by atoms with Crippen LogP contribution in [0, 0.1) is 0 Å². The third-order valence-corrected chi connectivity index (χ3v) is 5.18. The summed E-state index contributed by atoms with van der Waals surface area (Å²) in [5.74, 6) is -10.4. The summed E-state index contributed by atoms with van der Waals surface area (Å²) in [6, 6.07) is 10.6. The zero-order chi connectivity index (χ0) is 22.2. The number of ketones is 1. The number of carbonyl (C=O) groups excluding carboxylic acids is 1. The fourth-order valence-electron chi connectivity index (χ4n) is 3.77. The van der Waals surface area contributed by atoms with Crippen LogP contribution < -0.4 is 9.47 Å². The summed E-state index contributed by atoms with van der Waals surface area (Å²) in [6.45, 7) is 0. The minimum atomic E-state index is -5.55. The number of fused-ring (bicyclic) bond motifs is 4. The second kappa shape index (κ2) is 5.91. The summed E-state index contributed by atoms with van der Waals surface area (Å²) < 4.78 is 100. The van der Waals surface area contributed by atoms with Gasteiger partial charge in [-0.2, -0.15) is 26.3 Å². The highest BCUT2D eigenvalue weighted by Gasteiger charge is 2.78. The molecule has 0 radical (unpaired) electrons. The first-order valence-electron chi connectivity index (χ1n) is 8.87. The van der Waals surface area contributed by atoms with Crippen LogP contribution in [-0.4, -0.2) is 29.7 Å². The van der Waals surface area contributed by atoms with Gasteiger partial charge in [-0.05, 0) is 24.3 Å². The number of carbonyl (C=O) groups is 1. The molecule has 3 heterocycles. The summed E-state index contributed by atoms with van der Waals surface area (Å²) in [7, 11) is 0. The van der Waals surface area contributed by atoms with Crippen LogP contribution in [0.2, 0.25) is 0 Å². The van der Waals surface area contributed by atoms with E-state index in [0.29, 0.717) is 0 Å². The van der Waals surface area contributed by atoms with E-state index in [1.165, 1.54) is 36.4 Å². The summed E-state index contributed by atoms with van der Waals surface area (Å²) in [5, 5.41) is 0. The minimum Gasteiger partial charge on any atom is -0.449 e. The quantitative estimate of drug-likeness (QED) is 0.538. The zero-order valence-electron chi connectivity index (χ0n) is 15.2. The van der Waals surface area contributed by atoms with Crippen LogP contribution in [0.3, 0.4) is 0 Å². The molecule has 3 aliphatic rings. The van der Waals surface area contributed by atoms with Crippen molar-refractivity contribution in [2.24, 2.45) is 0 Å². The first-order chi connectivity index (χ1) is 14.5. The van der Waals surface area contributed by atoms with E-state index in [9.17, 15) is 31.1 Å². The van der Waals surface area contributed by atoms with E-state index in [2.05, 4.69) is 0 Å². The van der Waals surface area contributed by atoms with E-state index in [-0.39, 0.29) is 11.1 Å². The van der Waals surface area contributed by atoms with Crippen LogP contribution in [0.15, 0.2) is 59.7 Å². The normalized spacial score (nSPS) is 26.8. The number of hydrogen-bond donors (Lipinski definition) is 0. The Balaban J connectivity index is 1.82. The summed E-state index contributed by atoms with van der Waals surface area (Å²) in [5.41, 5.74) is -2.06. The second-order valence-corrected chi connectivity index (χ2v) is 7.06. The van der Waals surface area contributed by atoms with Crippen molar-refractivity contribution >= 4 is 17.9 Å². The topological polar surface area (TPSA) is 44.8 Å². The Labute approximate surface area is 170 Å². The Bertz CT molecular complexity index is 1090. The van der Waals surface area contributed by atoms with Crippen LogP contribution in [-0.2, 0) is 9.53 Å². The first-order valence-corrected chi connectivity index (χ1v) is 8.87. The van der Waals surface area contributed by atoms with E-state index in [4.69, 9.17) is 14.2 Å². The maximum atomic E-state index is 14.3. The number of alkyl halides is 6. The number of Topliss-reactive ketones (excluding diaryl/α,β-unsaturated/α-hetero) is 1. The molecule has 0 aliphatic carbocycles. The van der Waals surface area contributed by atoms with Gasteiger partial charge >= 0.3 is 23.9 Å². The Hall–Kier alpha value is -3.27. The molecule has 5 rings (SSSR count). The first kappa shape index (κ1) is 19.7. The number of halogens is 6. The van der Waals surface area contributed by atoms with Gasteiger partial charge in [-0.25, -0.2) is 0 Å². The number of ether oxygens (including phenoxy) is 3. The van der Waals surface area contributed by atoms with Crippen molar-refractivity contribution in [3.8, 4) is 11.5 Å². The third kappa shape index (κ3) is 2.51. The highest BCUT2D eigenvalue weighted by molar-refractivity contribution is 6.17. The number of rotatable bonds is 0. The molecule has 1 fully saturated rings. The number of benzene rings is 2. The average Bonchev–Trinajstić information content (AvgIpc) is 2.70. The van der Waals surface area contributed by atoms with Crippen molar-refractivity contribution in [1.82, 2.24) is 0 Å². The number of hydrogen-bond acceptors (Lipinski definition) is 4. The fraction of sp³-hybridized carbons (Fsp3) is 0.190. The van der Waals surface area contributed by atoms with Gasteiger partial charge in [-0.3, -0.25) is 9.53 Å². The molecule has 0 aromatic heterocycles. The summed E-state index contributed by atoms with van der Waals surface area (Å²) in [4.78, 5) is 13.1. The highest BCUT2D eigenvalue weighted by Crippen LogP contribution is 2.58. The lowest BCUT2D eigenvalue weighted by Gasteiger charge is -2.51. The molecule has 0 saturated carbocycles. The van der Waals surface area contributed by atoms with Gasteiger partial charge in [0.05, 0.1) is 11.1 Å². The smallest absolute Gasteiger partial charge is 0.449 e. The third-order valence-electron chi connectivity index (χ3n) is 5.18. The van der Waals surface area contributed by atoms with Crippen molar-refractivity contribution in [2.45, 2.75) is 23.9 Å². The van der Waals surface area contributed by atoms with Crippen LogP contribution in [0.5, 0.6) is 11.5 Å². The van der Waals surface area contributed by atoms with Gasteiger partial charge in [0.1, 0.15) is 11.5 Å². The number of para-hydroxylation sites is 2. The van der Waals surface area contributed by atoms with Gasteiger partial charge in [0, 0.05) is 11.1 Å². The molecule has 2 aromatic rings. The molecule has 0 bridgehead atoms. The van der Waals surface area contributed by atoms with Crippen LogP contribution >= 0.6 is 0 Å². The van der Waals surface area contributed by atoms with E-state index in [0.717, 1.165) is 24.3 Å². The molecule has 10 heteroatoms. The second-order valence-electron chi connectivity index (χ2n) is 7.06. The highest BCUT2D eigenvalue weighted by atomic mass is 19.4. The largest absolute Gasteiger partial charge is 0.460 e. The van der Waals surface area contributed by atoms with Crippen molar-refractivity contribution in [3.05, 3.63) is 70.8 Å². The fourth-order valence-corrected chi connectivity index (χ4v) is 3.77. The van der Waals surface area contributed by atoms with Crippen LogP contribution in [0.25, 0.3) is 12.2 Å². The minimum absolute atomic E-state index is 0.0894. The Morgan fingerprint density at radius 2 is 1.03 bits per heavy atom. The average molecular weight is 440 g/mol. The molecule has 2 aromatic carbocycles. The van der Waals surface area contributed by atoms with Crippen LogP contribution in [0.1, 0.15) is 11.1 Å². The lowest BCUT2D eigenvalue weighted by molar-refractivity contribution is -0.435. The molecule has 1 saturated heterocycles. The molecule has 0 spiro atoms. The maximum absolute atomic E-state index is 14.3. The van der Waals surface area contributed by atoms with E-state index < -0.39 is 52.4 Å². The van der Waals surface area contributed by atoms with Crippen molar-refractivity contribution in [1.29, 1.82) is 0 Å². The SMILES string of the molecule is O=C1C2=Cc3ccccc3OC2(C(F)(F)F)OC2(C(F)(F)F)Oc3ccccc3C=C12. The maximum Gasteiger partial charge on any atom is 0.460 e. The summed E-state index contributed by atoms with van der Waals surface area (Å²) >= 11 is 0. The van der Waals surface area contributed by atoms with Gasteiger partial charge in [-0.15, -0.1) is 0 Å². The van der Waals surface area contributed by atoms with Crippen molar-refractivity contribution in [2.75, 3.05) is 0 Å². The van der Waals surface area contributed by atoms with Gasteiger partial charge in [0.2, 0.25) is 0 Å².